The molecule has 1 atom stereocenters. The molecule has 2 aliphatic rings. The Hall–Kier alpha value is 0.170. The van der Waals surface area contributed by atoms with Crippen molar-refractivity contribution in [1.29, 1.82) is 0 Å². The third kappa shape index (κ3) is 2.16. The summed E-state index contributed by atoms with van der Waals surface area (Å²) in [6.07, 6.45) is 1.17. The van der Waals surface area contributed by atoms with E-state index in [-0.39, 0.29) is 5.92 Å². The maximum atomic E-state index is 12.0. The molecule has 0 bridgehead atoms. The van der Waals surface area contributed by atoms with Crippen LogP contribution >= 0.6 is 23.5 Å². The maximum Gasteiger partial charge on any atom is 0.225 e. The fraction of sp³-hybridized carbons (Fsp3) is 0.909. The standard InChI is InChI=1S/C11H19NOS2/c1-8(2)10(13)12-7-11(6-9(12)3)14-4-5-15-11/h8-9H,4-7H2,1-3H3. The van der Waals surface area contributed by atoms with Gasteiger partial charge in [0.1, 0.15) is 0 Å². The molecule has 1 unspecified atom stereocenters. The predicted molar refractivity (Wildman–Crippen MR) is 68.3 cm³/mol. The Balaban J connectivity index is 2.07. The maximum absolute atomic E-state index is 12.0. The summed E-state index contributed by atoms with van der Waals surface area (Å²) in [7, 11) is 0. The second kappa shape index (κ2) is 4.21. The molecule has 86 valence electrons. The Labute approximate surface area is 101 Å². The third-order valence-electron chi connectivity index (χ3n) is 3.14. The summed E-state index contributed by atoms with van der Waals surface area (Å²) in [5.74, 6) is 2.97. The second-order valence-electron chi connectivity index (χ2n) is 4.78. The zero-order valence-electron chi connectivity index (χ0n) is 9.66. The highest BCUT2D eigenvalue weighted by Crippen LogP contribution is 2.51. The van der Waals surface area contributed by atoms with Crippen molar-refractivity contribution in [3.8, 4) is 0 Å². The van der Waals surface area contributed by atoms with Crippen molar-refractivity contribution in [3.05, 3.63) is 0 Å². The quantitative estimate of drug-likeness (QED) is 0.708. The highest BCUT2D eigenvalue weighted by atomic mass is 32.2. The molecule has 0 aromatic carbocycles. The molecule has 0 saturated carbocycles. The molecule has 0 N–H and O–H groups in total. The number of carbonyl (C=O) groups excluding carboxylic acids is 1. The first-order chi connectivity index (χ1) is 7.04. The average Bonchev–Trinajstić information content (AvgIpc) is 2.74. The molecule has 15 heavy (non-hydrogen) atoms. The van der Waals surface area contributed by atoms with E-state index >= 15 is 0 Å². The topological polar surface area (TPSA) is 20.3 Å². The molecule has 2 saturated heterocycles. The van der Waals surface area contributed by atoms with Gasteiger partial charge in [-0.2, -0.15) is 0 Å². The number of thioether (sulfide) groups is 2. The Kier molecular flexibility index (Phi) is 3.27. The highest BCUT2D eigenvalue weighted by molar-refractivity contribution is 8.21. The normalized spacial score (nSPS) is 29.3. The average molecular weight is 245 g/mol. The van der Waals surface area contributed by atoms with E-state index in [1.54, 1.807) is 0 Å². The van der Waals surface area contributed by atoms with Crippen LogP contribution in [0.4, 0.5) is 0 Å². The molecular weight excluding hydrogens is 226 g/mol. The first kappa shape index (κ1) is 11.6. The summed E-state index contributed by atoms with van der Waals surface area (Å²) in [5.41, 5.74) is 0. The molecule has 2 aliphatic heterocycles. The van der Waals surface area contributed by atoms with Crippen molar-refractivity contribution in [2.75, 3.05) is 18.1 Å². The van der Waals surface area contributed by atoms with Gasteiger partial charge in [-0.3, -0.25) is 4.79 Å². The Bertz CT molecular complexity index is 261. The van der Waals surface area contributed by atoms with Gasteiger partial charge < -0.3 is 4.90 Å². The van der Waals surface area contributed by atoms with E-state index in [1.807, 2.05) is 13.8 Å². The molecule has 2 fully saturated rings. The summed E-state index contributed by atoms with van der Waals surface area (Å²) in [6.45, 7) is 7.14. The van der Waals surface area contributed by atoms with Gasteiger partial charge in [-0.1, -0.05) is 13.8 Å². The van der Waals surface area contributed by atoms with Crippen LogP contribution in [0, 0.1) is 5.92 Å². The lowest BCUT2D eigenvalue weighted by molar-refractivity contribution is -0.134. The van der Waals surface area contributed by atoms with Crippen molar-refractivity contribution in [2.45, 2.75) is 37.3 Å². The number of likely N-dealkylation sites (tertiary alicyclic amines) is 1. The van der Waals surface area contributed by atoms with E-state index < -0.39 is 0 Å². The fourth-order valence-electron chi connectivity index (χ4n) is 2.37. The molecule has 0 radical (unpaired) electrons. The number of hydrogen-bond donors (Lipinski definition) is 0. The van der Waals surface area contributed by atoms with Crippen LogP contribution in [-0.2, 0) is 4.79 Å². The van der Waals surface area contributed by atoms with Gasteiger partial charge in [-0.25, -0.2) is 0 Å². The molecule has 1 spiro atoms. The molecule has 0 aromatic rings. The lowest BCUT2D eigenvalue weighted by Crippen LogP contribution is -2.37. The molecule has 4 heteroatoms. The molecule has 0 aliphatic carbocycles. The van der Waals surface area contributed by atoms with Gasteiger partial charge in [0.05, 0.1) is 4.08 Å². The van der Waals surface area contributed by atoms with Crippen molar-refractivity contribution >= 4 is 29.4 Å². The lowest BCUT2D eigenvalue weighted by atomic mass is 10.2. The number of nitrogens with zero attached hydrogens (tertiary/aromatic N) is 1. The minimum atomic E-state index is 0.138. The molecular formula is C11H19NOS2. The zero-order chi connectivity index (χ0) is 11.1. The van der Waals surface area contributed by atoms with E-state index in [0.717, 1.165) is 6.54 Å². The minimum Gasteiger partial charge on any atom is -0.337 e. The van der Waals surface area contributed by atoms with Crippen LogP contribution in [0.25, 0.3) is 0 Å². The third-order valence-corrected chi connectivity index (χ3v) is 6.57. The summed E-state index contributed by atoms with van der Waals surface area (Å²) in [5, 5.41) is 0. The van der Waals surface area contributed by atoms with Crippen molar-refractivity contribution in [1.82, 2.24) is 4.90 Å². The van der Waals surface area contributed by atoms with Gasteiger partial charge in [0.15, 0.2) is 0 Å². The smallest absolute Gasteiger partial charge is 0.225 e. The van der Waals surface area contributed by atoms with E-state index in [2.05, 4.69) is 35.3 Å². The molecule has 2 rings (SSSR count). The Morgan fingerprint density at radius 3 is 2.53 bits per heavy atom. The number of carbonyl (C=O) groups is 1. The number of rotatable bonds is 1. The van der Waals surface area contributed by atoms with E-state index in [4.69, 9.17) is 0 Å². The van der Waals surface area contributed by atoms with Crippen LogP contribution in [0.2, 0.25) is 0 Å². The van der Waals surface area contributed by atoms with Crippen LogP contribution in [0.1, 0.15) is 27.2 Å². The summed E-state index contributed by atoms with van der Waals surface area (Å²) in [4.78, 5) is 14.1. The van der Waals surface area contributed by atoms with Gasteiger partial charge in [0.25, 0.3) is 0 Å². The van der Waals surface area contributed by atoms with Crippen molar-refractivity contribution in [2.24, 2.45) is 5.92 Å². The zero-order valence-corrected chi connectivity index (χ0v) is 11.3. The SMILES string of the molecule is CC(C)C(=O)N1CC2(CC1C)SCCS2. The number of amides is 1. The number of hydrogen-bond acceptors (Lipinski definition) is 3. The molecule has 2 heterocycles. The van der Waals surface area contributed by atoms with Crippen LogP contribution in [0.5, 0.6) is 0 Å². The Morgan fingerprint density at radius 1 is 1.40 bits per heavy atom. The molecule has 2 nitrogen and oxygen atoms in total. The van der Waals surface area contributed by atoms with Gasteiger partial charge in [0, 0.05) is 30.0 Å². The molecule has 0 aromatic heterocycles. The Morgan fingerprint density at radius 2 is 2.00 bits per heavy atom. The first-order valence-electron chi connectivity index (χ1n) is 5.62. The van der Waals surface area contributed by atoms with E-state index in [1.165, 1.54) is 17.9 Å². The van der Waals surface area contributed by atoms with Gasteiger partial charge in [-0.05, 0) is 13.3 Å². The second-order valence-corrected chi connectivity index (χ2v) is 8.00. The predicted octanol–water partition coefficient (Wildman–Crippen LogP) is 2.44. The fourth-order valence-corrected chi connectivity index (χ4v) is 5.80. The summed E-state index contributed by atoms with van der Waals surface area (Å²) >= 11 is 4.12. The van der Waals surface area contributed by atoms with Crippen molar-refractivity contribution in [3.63, 3.8) is 0 Å². The van der Waals surface area contributed by atoms with Gasteiger partial charge >= 0.3 is 0 Å². The van der Waals surface area contributed by atoms with Crippen LogP contribution < -0.4 is 0 Å². The minimum absolute atomic E-state index is 0.138. The lowest BCUT2D eigenvalue weighted by Gasteiger charge is -2.24. The largest absolute Gasteiger partial charge is 0.337 e. The van der Waals surface area contributed by atoms with Gasteiger partial charge in [-0.15, -0.1) is 23.5 Å². The van der Waals surface area contributed by atoms with Crippen LogP contribution in [-0.4, -0.2) is 39.0 Å². The molecule has 1 amide bonds. The highest BCUT2D eigenvalue weighted by Gasteiger charge is 2.47. The van der Waals surface area contributed by atoms with Gasteiger partial charge in [0.2, 0.25) is 5.91 Å². The van der Waals surface area contributed by atoms with E-state index in [9.17, 15) is 4.79 Å². The monoisotopic (exact) mass is 245 g/mol. The summed E-state index contributed by atoms with van der Waals surface area (Å²) < 4.78 is 0.337. The van der Waals surface area contributed by atoms with E-state index in [0.29, 0.717) is 16.0 Å². The summed E-state index contributed by atoms with van der Waals surface area (Å²) in [6, 6.07) is 0.429. The van der Waals surface area contributed by atoms with Crippen LogP contribution in [0.3, 0.4) is 0 Å². The van der Waals surface area contributed by atoms with Crippen molar-refractivity contribution < 1.29 is 4.79 Å². The van der Waals surface area contributed by atoms with Crippen LogP contribution in [0.15, 0.2) is 0 Å². The first-order valence-corrected chi connectivity index (χ1v) is 7.60.